The normalized spacial score (nSPS) is 15.5. The minimum atomic E-state index is -3.55. The molecular formula is C22H22N6O2S. The summed E-state index contributed by atoms with van der Waals surface area (Å²) >= 11 is 0. The number of hydrogen-bond acceptors (Lipinski definition) is 6. The summed E-state index contributed by atoms with van der Waals surface area (Å²) < 4.78 is 29.7. The van der Waals surface area contributed by atoms with Crippen molar-refractivity contribution in [1.29, 1.82) is 0 Å². The molecular weight excluding hydrogens is 412 g/mol. The first-order chi connectivity index (χ1) is 15.0. The van der Waals surface area contributed by atoms with Gasteiger partial charge in [0.2, 0.25) is 10.0 Å². The minimum absolute atomic E-state index is 0.332. The molecule has 0 bridgehead atoms. The van der Waals surface area contributed by atoms with E-state index < -0.39 is 10.0 Å². The van der Waals surface area contributed by atoms with E-state index in [-0.39, 0.29) is 0 Å². The summed E-state index contributed by atoms with van der Waals surface area (Å²) in [5.74, 6) is 2.12. The van der Waals surface area contributed by atoms with Gasteiger partial charge in [0.15, 0.2) is 5.82 Å². The van der Waals surface area contributed by atoms with Crippen molar-refractivity contribution in [2.24, 2.45) is 0 Å². The number of anilines is 1. The number of benzene rings is 2. The Kier molecular flexibility index (Phi) is 4.91. The van der Waals surface area contributed by atoms with E-state index in [1.54, 1.807) is 27.3 Å². The molecule has 0 radical (unpaired) electrons. The molecule has 0 aliphatic carbocycles. The highest BCUT2D eigenvalue weighted by Crippen LogP contribution is 2.24. The second-order valence-electron chi connectivity index (χ2n) is 7.48. The molecule has 5 rings (SSSR count). The van der Waals surface area contributed by atoms with Crippen LogP contribution in [0.2, 0.25) is 0 Å². The van der Waals surface area contributed by atoms with Crippen molar-refractivity contribution in [2.75, 3.05) is 31.1 Å². The van der Waals surface area contributed by atoms with Crippen LogP contribution in [0.3, 0.4) is 0 Å². The first kappa shape index (κ1) is 19.7. The quantitative estimate of drug-likeness (QED) is 0.491. The molecule has 0 unspecified atom stereocenters. The van der Waals surface area contributed by atoms with Crippen LogP contribution in [0, 0.1) is 6.92 Å². The fraction of sp³-hybridized carbons (Fsp3) is 0.227. The molecule has 158 valence electrons. The molecule has 0 atom stereocenters. The molecule has 1 fully saturated rings. The Morgan fingerprint density at radius 1 is 0.839 bits per heavy atom. The molecule has 1 aliphatic rings. The molecule has 4 aromatic rings. The highest BCUT2D eigenvalue weighted by Gasteiger charge is 2.29. The van der Waals surface area contributed by atoms with Gasteiger partial charge in [-0.25, -0.2) is 23.1 Å². The number of sulfonamides is 1. The van der Waals surface area contributed by atoms with E-state index in [2.05, 4.69) is 20.0 Å². The predicted octanol–water partition coefficient (Wildman–Crippen LogP) is 2.63. The maximum Gasteiger partial charge on any atom is 0.243 e. The number of aryl methyl sites for hydroxylation is 1. The van der Waals surface area contributed by atoms with E-state index in [0.717, 1.165) is 16.6 Å². The Hall–Kier alpha value is -3.30. The van der Waals surface area contributed by atoms with Crippen molar-refractivity contribution in [3.8, 4) is 5.82 Å². The third-order valence-corrected chi connectivity index (χ3v) is 7.37. The van der Waals surface area contributed by atoms with E-state index in [4.69, 9.17) is 0 Å². The van der Waals surface area contributed by atoms with Gasteiger partial charge in [0.25, 0.3) is 0 Å². The number of aromatic nitrogens is 4. The van der Waals surface area contributed by atoms with Gasteiger partial charge in [0, 0.05) is 44.6 Å². The maximum absolute atomic E-state index is 13.2. The lowest BCUT2D eigenvalue weighted by atomic mass is 10.1. The summed E-state index contributed by atoms with van der Waals surface area (Å²) in [7, 11) is -3.55. The van der Waals surface area contributed by atoms with Crippen molar-refractivity contribution in [3.05, 3.63) is 72.8 Å². The second-order valence-corrected chi connectivity index (χ2v) is 9.42. The maximum atomic E-state index is 13.2. The SMILES string of the molecule is Cc1nc(N2CCN(S(=O)(=O)c3ccc4ccccc4c3)CC2)cc(-n2cccn2)n1. The number of hydrogen-bond donors (Lipinski definition) is 0. The van der Waals surface area contributed by atoms with Crippen LogP contribution in [-0.2, 0) is 10.0 Å². The average Bonchev–Trinajstić information content (AvgIpc) is 3.33. The fourth-order valence-electron chi connectivity index (χ4n) is 3.85. The second kappa shape index (κ2) is 7.75. The van der Waals surface area contributed by atoms with E-state index in [1.165, 1.54) is 0 Å². The summed E-state index contributed by atoms with van der Waals surface area (Å²) in [6.07, 6.45) is 3.53. The van der Waals surface area contributed by atoms with E-state index in [0.29, 0.717) is 42.7 Å². The lowest BCUT2D eigenvalue weighted by Crippen LogP contribution is -2.49. The molecule has 31 heavy (non-hydrogen) atoms. The van der Waals surface area contributed by atoms with Gasteiger partial charge in [0.05, 0.1) is 4.90 Å². The zero-order valence-electron chi connectivity index (χ0n) is 17.1. The molecule has 3 heterocycles. The Morgan fingerprint density at radius 2 is 1.58 bits per heavy atom. The molecule has 0 N–H and O–H groups in total. The van der Waals surface area contributed by atoms with Gasteiger partial charge in [0.1, 0.15) is 11.6 Å². The summed E-state index contributed by atoms with van der Waals surface area (Å²) in [5, 5.41) is 6.18. The van der Waals surface area contributed by atoms with Crippen LogP contribution in [0.25, 0.3) is 16.6 Å². The zero-order valence-corrected chi connectivity index (χ0v) is 17.9. The fourth-order valence-corrected chi connectivity index (χ4v) is 5.31. The standard InChI is InChI=1S/C22H22N6O2S/c1-17-24-21(16-22(25-17)28-10-4-9-23-28)26-11-13-27(14-12-26)31(29,30)20-8-7-18-5-2-3-6-19(18)15-20/h2-10,15-16H,11-14H2,1H3. The number of fused-ring (bicyclic) bond motifs is 1. The van der Waals surface area contributed by atoms with E-state index >= 15 is 0 Å². The highest BCUT2D eigenvalue weighted by atomic mass is 32.2. The highest BCUT2D eigenvalue weighted by molar-refractivity contribution is 7.89. The van der Waals surface area contributed by atoms with Gasteiger partial charge in [-0.1, -0.05) is 30.3 Å². The molecule has 0 amide bonds. The predicted molar refractivity (Wildman–Crippen MR) is 119 cm³/mol. The molecule has 1 aliphatic heterocycles. The molecule has 0 saturated carbocycles. The van der Waals surface area contributed by atoms with Gasteiger partial charge in [-0.3, -0.25) is 0 Å². The van der Waals surface area contributed by atoms with Crippen LogP contribution >= 0.6 is 0 Å². The molecule has 9 heteroatoms. The van der Waals surface area contributed by atoms with Crippen LogP contribution in [0.5, 0.6) is 0 Å². The Bertz CT molecular complexity index is 1330. The summed E-state index contributed by atoms with van der Waals surface area (Å²) in [6, 6.07) is 16.8. The lowest BCUT2D eigenvalue weighted by Gasteiger charge is -2.34. The summed E-state index contributed by atoms with van der Waals surface area (Å²) in [4.78, 5) is 11.4. The lowest BCUT2D eigenvalue weighted by molar-refractivity contribution is 0.383. The van der Waals surface area contributed by atoms with E-state index in [1.807, 2.05) is 55.6 Å². The number of rotatable bonds is 4. The van der Waals surface area contributed by atoms with Gasteiger partial charge >= 0.3 is 0 Å². The average molecular weight is 435 g/mol. The molecule has 8 nitrogen and oxygen atoms in total. The van der Waals surface area contributed by atoms with Crippen LogP contribution in [0.4, 0.5) is 5.82 Å². The van der Waals surface area contributed by atoms with Crippen LogP contribution in [0.1, 0.15) is 5.82 Å². The third kappa shape index (κ3) is 3.77. The molecule has 0 spiro atoms. The summed E-state index contributed by atoms with van der Waals surface area (Å²) in [5.41, 5.74) is 0. The Labute approximate surface area is 180 Å². The van der Waals surface area contributed by atoms with Crippen LogP contribution < -0.4 is 4.90 Å². The molecule has 1 saturated heterocycles. The van der Waals surface area contributed by atoms with Crippen LogP contribution in [-0.4, -0.2) is 58.7 Å². The van der Waals surface area contributed by atoms with Crippen molar-refractivity contribution >= 4 is 26.6 Å². The van der Waals surface area contributed by atoms with Crippen molar-refractivity contribution in [2.45, 2.75) is 11.8 Å². The van der Waals surface area contributed by atoms with Gasteiger partial charge in [-0.2, -0.15) is 9.40 Å². The Balaban J connectivity index is 1.35. The van der Waals surface area contributed by atoms with Crippen molar-refractivity contribution < 1.29 is 8.42 Å². The van der Waals surface area contributed by atoms with Gasteiger partial charge in [-0.15, -0.1) is 0 Å². The third-order valence-electron chi connectivity index (χ3n) is 5.47. The number of piperazine rings is 1. The smallest absolute Gasteiger partial charge is 0.243 e. The van der Waals surface area contributed by atoms with Crippen LogP contribution in [0.15, 0.2) is 71.9 Å². The summed E-state index contributed by atoms with van der Waals surface area (Å²) in [6.45, 7) is 3.76. The van der Waals surface area contributed by atoms with Gasteiger partial charge < -0.3 is 4.90 Å². The van der Waals surface area contributed by atoms with Gasteiger partial charge in [-0.05, 0) is 35.9 Å². The largest absolute Gasteiger partial charge is 0.354 e. The van der Waals surface area contributed by atoms with Crippen molar-refractivity contribution in [3.63, 3.8) is 0 Å². The molecule has 2 aromatic heterocycles. The molecule has 2 aromatic carbocycles. The first-order valence-electron chi connectivity index (χ1n) is 10.1. The minimum Gasteiger partial charge on any atom is -0.354 e. The zero-order chi connectivity index (χ0) is 21.4. The van der Waals surface area contributed by atoms with Crippen molar-refractivity contribution in [1.82, 2.24) is 24.1 Å². The first-order valence-corrected chi connectivity index (χ1v) is 11.5. The Morgan fingerprint density at radius 3 is 2.32 bits per heavy atom. The van der Waals surface area contributed by atoms with E-state index in [9.17, 15) is 8.42 Å². The topological polar surface area (TPSA) is 84.2 Å². The number of nitrogens with zero attached hydrogens (tertiary/aromatic N) is 6. The monoisotopic (exact) mass is 434 g/mol.